The fourth-order valence-corrected chi connectivity index (χ4v) is 2.07. The van der Waals surface area contributed by atoms with Gasteiger partial charge in [-0.3, -0.25) is 4.57 Å². The zero-order valence-corrected chi connectivity index (χ0v) is 12.8. The molecule has 0 amide bonds. The Labute approximate surface area is 117 Å². The van der Waals surface area contributed by atoms with Crippen LogP contribution in [0.2, 0.25) is 0 Å². The maximum atomic E-state index is 10.2. The molecule has 0 spiro atoms. The van der Waals surface area contributed by atoms with Gasteiger partial charge in [0.1, 0.15) is 0 Å². The number of unbranched alkanes of at least 4 members (excludes halogenated alkanes) is 9. The molecule has 1 N–H and O–H groups in total. The van der Waals surface area contributed by atoms with Gasteiger partial charge in [0.2, 0.25) is 0 Å². The van der Waals surface area contributed by atoms with Gasteiger partial charge in [-0.25, -0.2) is 0 Å². The summed E-state index contributed by atoms with van der Waals surface area (Å²) in [7, 11) is -2.69. The molecule has 0 aromatic carbocycles. The molecular weight excluding hydrogens is 287 g/mol. The third-order valence-electron chi connectivity index (χ3n) is 2.72. The molecular formula is C12H27CuO3P. The number of rotatable bonds is 12. The van der Waals surface area contributed by atoms with Crippen LogP contribution in [0.15, 0.2) is 0 Å². The summed E-state index contributed by atoms with van der Waals surface area (Å²) in [6, 6.07) is 0. The van der Waals surface area contributed by atoms with Crippen molar-refractivity contribution in [2.45, 2.75) is 71.1 Å². The molecule has 109 valence electrons. The smallest absolute Gasteiger partial charge is 0.316 e. The predicted molar refractivity (Wildman–Crippen MR) is 69.0 cm³/mol. The van der Waals surface area contributed by atoms with E-state index < -0.39 is 8.25 Å². The molecule has 0 aromatic rings. The van der Waals surface area contributed by atoms with E-state index in [1.54, 1.807) is 0 Å². The van der Waals surface area contributed by atoms with Crippen LogP contribution in [0.3, 0.4) is 0 Å². The molecule has 1 atom stereocenters. The monoisotopic (exact) mass is 313 g/mol. The van der Waals surface area contributed by atoms with E-state index in [0.717, 1.165) is 12.8 Å². The first kappa shape index (κ1) is 20.0. The average molecular weight is 314 g/mol. The van der Waals surface area contributed by atoms with E-state index >= 15 is 0 Å². The van der Waals surface area contributed by atoms with Crippen LogP contribution in [0.1, 0.15) is 71.1 Å². The van der Waals surface area contributed by atoms with Crippen LogP contribution in [0.25, 0.3) is 0 Å². The van der Waals surface area contributed by atoms with Gasteiger partial charge in [-0.05, 0) is 6.42 Å². The summed E-state index contributed by atoms with van der Waals surface area (Å²) in [4.78, 5) is 8.42. The molecule has 5 heteroatoms. The first-order valence-corrected chi connectivity index (χ1v) is 7.89. The Morgan fingerprint density at radius 2 is 1.29 bits per heavy atom. The van der Waals surface area contributed by atoms with Crippen molar-refractivity contribution in [3.05, 3.63) is 0 Å². The third-order valence-corrected chi connectivity index (χ3v) is 3.17. The molecule has 0 aromatic heterocycles. The SMILES string of the molecule is CCCCCCCCCCCCO[PH](=O)O.[Cu]. The predicted octanol–water partition coefficient (Wildman–Crippen LogP) is 4.30. The third kappa shape index (κ3) is 19.2. The summed E-state index contributed by atoms with van der Waals surface area (Å²) in [6.45, 7) is 2.67. The van der Waals surface area contributed by atoms with Gasteiger partial charge in [0, 0.05) is 17.1 Å². The molecule has 0 aliphatic carbocycles. The molecule has 0 bridgehead atoms. The van der Waals surface area contributed by atoms with Gasteiger partial charge in [-0.1, -0.05) is 64.7 Å². The van der Waals surface area contributed by atoms with Crippen LogP contribution in [0, 0.1) is 0 Å². The van der Waals surface area contributed by atoms with Gasteiger partial charge in [0.15, 0.2) is 0 Å². The van der Waals surface area contributed by atoms with Crippen molar-refractivity contribution in [2.24, 2.45) is 0 Å². The summed E-state index contributed by atoms with van der Waals surface area (Å²) < 4.78 is 14.8. The molecule has 0 heterocycles. The minimum absolute atomic E-state index is 0. The van der Waals surface area contributed by atoms with Crippen molar-refractivity contribution >= 4 is 8.25 Å². The van der Waals surface area contributed by atoms with Crippen molar-refractivity contribution in [1.82, 2.24) is 0 Å². The fourth-order valence-electron chi connectivity index (χ4n) is 1.75. The van der Waals surface area contributed by atoms with Crippen molar-refractivity contribution in [2.75, 3.05) is 6.61 Å². The van der Waals surface area contributed by atoms with Gasteiger partial charge < -0.3 is 9.42 Å². The van der Waals surface area contributed by atoms with E-state index in [0.29, 0.717) is 6.61 Å². The second-order valence-corrected chi connectivity index (χ2v) is 5.12. The van der Waals surface area contributed by atoms with Crippen molar-refractivity contribution in [3.63, 3.8) is 0 Å². The zero-order chi connectivity index (χ0) is 12.1. The first-order valence-electron chi connectivity index (χ1n) is 6.63. The Morgan fingerprint density at radius 3 is 1.71 bits per heavy atom. The van der Waals surface area contributed by atoms with E-state index in [2.05, 4.69) is 11.4 Å². The first-order chi connectivity index (χ1) is 7.77. The van der Waals surface area contributed by atoms with Crippen LogP contribution < -0.4 is 0 Å². The van der Waals surface area contributed by atoms with Gasteiger partial charge in [-0.2, -0.15) is 0 Å². The van der Waals surface area contributed by atoms with Crippen molar-refractivity contribution in [1.29, 1.82) is 0 Å². The van der Waals surface area contributed by atoms with E-state index in [1.165, 1.54) is 51.4 Å². The molecule has 0 rings (SSSR count). The molecule has 0 aliphatic rings. The zero-order valence-electron chi connectivity index (χ0n) is 10.8. The van der Waals surface area contributed by atoms with Crippen LogP contribution >= 0.6 is 8.25 Å². The maximum Gasteiger partial charge on any atom is 0.316 e. The molecule has 1 unspecified atom stereocenters. The summed E-state index contributed by atoms with van der Waals surface area (Å²) in [6.07, 6.45) is 12.7. The van der Waals surface area contributed by atoms with Gasteiger partial charge in [-0.15, -0.1) is 0 Å². The standard InChI is InChI=1S/C12H27O3P.Cu/c1-2-3-4-5-6-7-8-9-10-11-12-15-16(13)14;/h16H,2-12H2,1H3,(H,13,14);. The van der Waals surface area contributed by atoms with Crippen molar-refractivity contribution in [3.8, 4) is 0 Å². The van der Waals surface area contributed by atoms with Crippen LogP contribution in [-0.2, 0) is 26.2 Å². The largest absolute Gasteiger partial charge is 0.326 e. The normalized spacial score (nSPS) is 12.1. The maximum absolute atomic E-state index is 10.2. The number of hydrogen-bond donors (Lipinski definition) is 1. The molecule has 3 nitrogen and oxygen atoms in total. The summed E-state index contributed by atoms with van der Waals surface area (Å²) >= 11 is 0. The Morgan fingerprint density at radius 1 is 0.882 bits per heavy atom. The van der Waals surface area contributed by atoms with E-state index in [4.69, 9.17) is 4.89 Å². The Balaban J connectivity index is 0. The second kappa shape index (κ2) is 16.7. The van der Waals surface area contributed by atoms with Crippen LogP contribution in [0.5, 0.6) is 0 Å². The Kier molecular flexibility index (Phi) is 19.6. The fraction of sp³-hybridized carbons (Fsp3) is 1.00. The quantitative estimate of drug-likeness (QED) is 0.332. The van der Waals surface area contributed by atoms with Crippen LogP contribution in [-0.4, -0.2) is 11.5 Å². The van der Waals surface area contributed by atoms with E-state index in [-0.39, 0.29) is 17.1 Å². The average Bonchev–Trinajstić information content (AvgIpc) is 2.25. The second-order valence-electron chi connectivity index (χ2n) is 4.30. The minimum Gasteiger partial charge on any atom is -0.326 e. The Hall–Kier alpha value is 0.669. The van der Waals surface area contributed by atoms with Crippen LogP contribution in [0.4, 0.5) is 0 Å². The molecule has 0 saturated carbocycles. The van der Waals surface area contributed by atoms with Gasteiger partial charge >= 0.3 is 8.25 Å². The van der Waals surface area contributed by atoms with Crippen molar-refractivity contribution < 1.29 is 31.1 Å². The van der Waals surface area contributed by atoms with E-state index in [9.17, 15) is 4.57 Å². The summed E-state index contributed by atoms with van der Waals surface area (Å²) in [5, 5.41) is 0. The van der Waals surface area contributed by atoms with E-state index in [1.807, 2.05) is 0 Å². The minimum atomic E-state index is -2.69. The Bertz CT molecular complexity index is 168. The molecule has 0 saturated heterocycles. The summed E-state index contributed by atoms with van der Waals surface area (Å²) in [5.41, 5.74) is 0. The molecule has 0 fully saturated rings. The summed E-state index contributed by atoms with van der Waals surface area (Å²) in [5.74, 6) is 0. The topological polar surface area (TPSA) is 46.5 Å². The molecule has 17 heavy (non-hydrogen) atoms. The van der Waals surface area contributed by atoms with Gasteiger partial charge in [0.05, 0.1) is 6.61 Å². The number of hydrogen-bond acceptors (Lipinski definition) is 2. The molecule has 0 aliphatic heterocycles. The van der Waals surface area contributed by atoms with Gasteiger partial charge in [0.25, 0.3) is 0 Å². The molecule has 1 radical (unpaired) electrons.